The van der Waals surface area contributed by atoms with Crippen LogP contribution in [0.15, 0.2) is 42.5 Å². The number of carboxylic acid groups (broad SMARTS) is 1. The van der Waals surface area contributed by atoms with E-state index in [1.807, 2.05) is 6.92 Å². The Morgan fingerprint density at radius 2 is 1.89 bits per heavy atom. The molecule has 0 unspecified atom stereocenters. The molecule has 2 aromatic carbocycles. The van der Waals surface area contributed by atoms with Gasteiger partial charge in [0, 0.05) is 18.8 Å². The molecule has 0 aliphatic carbocycles. The van der Waals surface area contributed by atoms with Crippen molar-refractivity contribution in [3.8, 4) is 5.75 Å². The first-order valence-electron chi connectivity index (χ1n) is 8.08. The van der Waals surface area contributed by atoms with Crippen LogP contribution in [0.5, 0.6) is 5.75 Å². The first-order chi connectivity index (χ1) is 12.8. The molecule has 0 radical (unpaired) electrons. The van der Waals surface area contributed by atoms with Crippen LogP contribution in [0.4, 0.5) is 21.9 Å². The summed E-state index contributed by atoms with van der Waals surface area (Å²) in [6.45, 7) is 2.40. The van der Waals surface area contributed by atoms with E-state index < -0.39 is 16.9 Å². The van der Waals surface area contributed by atoms with Crippen LogP contribution in [0.1, 0.15) is 12.5 Å². The van der Waals surface area contributed by atoms with Gasteiger partial charge in [-0.3, -0.25) is 19.8 Å². The summed E-state index contributed by atoms with van der Waals surface area (Å²) in [6, 6.07) is 10.6. The van der Waals surface area contributed by atoms with Crippen molar-refractivity contribution in [1.29, 1.82) is 0 Å². The molecule has 0 spiro atoms. The molecule has 0 heterocycles. The smallest absolute Gasteiger partial charge is 0.411 e. The van der Waals surface area contributed by atoms with E-state index >= 15 is 0 Å². The average Bonchev–Trinajstić information content (AvgIpc) is 2.62. The topological polar surface area (TPSA) is 122 Å². The molecule has 142 valence electrons. The molecular formula is C18H19N3O6. The molecule has 0 aliphatic rings. The van der Waals surface area contributed by atoms with Gasteiger partial charge in [-0.25, -0.2) is 4.79 Å². The predicted octanol–water partition coefficient (Wildman–Crippen LogP) is 3.29. The number of nitro groups is 1. The van der Waals surface area contributed by atoms with E-state index in [4.69, 9.17) is 9.84 Å². The highest BCUT2D eigenvalue weighted by molar-refractivity contribution is 5.96. The van der Waals surface area contributed by atoms with Gasteiger partial charge in [0.1, 0.15) is 11.4 Å². The van der Waals surface area contributed by atoms with E-state index in [1.54, 1.807) is 24.3 Å². The van der Waals surface area contributed by atoms with Crippen LogP contribution in [0.3, 0.4) is 0 Å². The molecule has 0 fully saturated rings. The zero-order valence-electron chi connectivity index (χ0n) is 14.8. The monoisotopic (exact) mass is 373 g/mol. The standard InChI is InChI=1S/C18H19N3O6/c1-3-27-14-7-4-12(5-8-14)10-17(22)19-15-11-13(20(2)18(23)24)6-9-16(15)21(25)26/h4-9,11H,3,10H2,1-2H3,(H,19,22)(H,23,24). The Morgan fingerprint density at radius 1 is 1.22 bits per heavy atom. The molecule has 0 bridgehead atoms. The van der Waals surface area contributed by atoms with E-state index in [-0.39, 0.29) is 23.5 Å². The molecule has 2 aromatic rings. The quantitative estimate of drug-likeness (QED) is 0.567. The van der Waals surface area contributed by atoms with Crippen molar-refractivity contribution >= 4 is 29.1 Å². The van der Waals surface area contributed by atoms with Crippen molar-refractivity contribution in [3.63, 3.8) is 0 Å². The lowest BCUT2D eigenvalue weighted by molar-refractivity contribution is -0.383. The molecule has 0 saturated carbocycles. The molecule has 27 heavy (non-hydrogen) atoms. The number of amides is 2. The molecule has 2 rings (SSSR count). The minimum absolute atomic E-state index is 0.00254. The first kappa shape index (κ1) is 19.7. The second kappa shape index (κ2) is 8.65. The Hall–Kier alpha value is -3.62. The molecule has 9 heteroatoms. The van der Waals surface area contributed by atoms with Crippen LogP contribution in [-0.2, 0) is 11.2 Å². The van der Waals surface area contributed by atoms with Crippen molar-refractivity contribution in [2.45, 2.75) is 13.3 Å². The highest BCUT2D eigenvalue weighted by Gasteiger charge is 2.19. The Labute approximate surface area is 155 Å². The molecule has 0 atom stereocenters. The number of anilines is 2. The molecule has 0 saturated heterocycles. The van der Waals surface area contributed by atoms with Crippen LogP contribution in [-0.4, -0.2) is 35.7 Å². The number of carbonyl (C=O) groups is 2. The Morgan fingerprint density at radius 3 is 2.44 bits per heavy atom. The number of benzene rings is 2. The molecule has 2 N–H and O–H groups in total. The second-order valence-electron chi connectivity index (χ2n) is 5.60. The largest absolute Gasteiger partial charge is 0.494 e. The maximum absolute atomic E-state index is 12.3. The van der Waals surface area contributed by atoms with Crippen LogP contribution in [0.2, 0.25) is 0 Å². The van der Waals surface area contributed by atoms with E-state index in [0.29, 0.717) is 17.9 Å². The minimum atomic E-state index is -1.23. The van der Waals surface area contributed by atoms with Gasteiger partial charge in [-0.05, 0) is 36.8 Å². The van der Waals surface area contributed by atoms with Crippen molar-refractivity contribution in [2.75, 3.05) is 23.9 Å². The summed E-state index contributed by atoms with van der Waals surface area (Å²) in [5.41, 5.74) is 0.515. The van der Waals surface area contributed by atoms with Crippen molar-refractivity contribution < 1.29 is 24.4 Å². The summed E-state index contributed by atoms with van der Waals surface area (Å²) in [5.74, 6) is 0.221. The summed E-state index contributed by atoms with van der Waals surface area (Å²) >= 11 is 0. The van der Waals surface area contributed by atoms with Gasteiger partial charge < -0.3 is 15.2 Å². The zero-order chi connectivity index (χ0) is 20.0. The Balaban J connectivity index is 2.18. The summed E-state index contributed by atoms with van der Waals surface area (Å²) in [4.78, 5) is 34.8. The number of nitrogens with zero attached hydrogens (tertiary/aromatic N) is 2. The van der Waals surface area contributed by atoms with Gasteiger partial charge in [0.25, 0.3) is 5.69 Å². The van der Waals surface area contributed by atoms with Gasteiger partial charge in [-0.1, -0.05) is 12.1 Å². The van der Waals surface area contributed by atoms with Crippen molar-refractivity contribution in [3.05, 3.63) is 58.1 Å². The lowest BCUT2D eigenvalue weighted by Crippen LogP contribution is -2.24. The molecule has 9 nitrogen and oxygen atoms in total. The number of hydrogen-bond donors (Lipinski definition) is 2. The van der Waals surface area contributed by atoms with Crippen molar-refractivity contribution in [1.82, 2.24) is 0 Å². The van der Waals surface area contributed by atoms with E-state index in [0.717, 1.165) is 11.0 Å². The molecule has 2 amide bonds. The van der Waals surface area contributed by atoms with Gasteiger partial charge in [0.05, 0.1) is 18.0 Å². The molecule has 0 aliphatic heterocycles. The number of nitrogens with one attached hydrogen (secondary N) is 1. The van der Waals surface area contributed by atoms with Gasteiger partial charge in [-0.15, -0.1) is 0 Å². The van der Waals surface area contributed by atoms with Gasteiger partial charge >= 0.3 is 6.09 Å². The van der Waals surface area contributed by atoms with Crippen LogP contribution >= 0.6 is 0 Å². The fraction of sp³-hybridized carbons (Fsp3) is 0.222. The van der Waals surface area contributed by atoms with Gasteiger partial charge in [0.15, 0.2) is 0 Å². The number of ether oxygens (including phenoxy) is 1. The van der Waals surface area contributed by atoms with E-state index in [2.05, 4.69) is 5.32 Å². The maximum atomic E-state index is 12.3. The predicted molar refractivity (Wildman–Crippen MR) is 99.5 cm³/mol. The fourth-order valence-electron chi connectivity index (χ4n) is 2.35. The summed E-state index contributed by atoms with van der Waals surface area (Å²) in [6.07, 6.45) is -1.22. The summed E-state index contributed by atoms with van der Waals surface area (Å²) in [5, 5.41) is 22.7. The van der Waals surface area contributed by atoms with Gasteiger partial charge in [-0.2, -0.15) is 0 Å². The van der Waals surface area contributed by atoms with Crippen LogP contribution in [0, 0.1) is 10.1 Å². The highest BCUT2D eigenvalue weighted by Crippen LogP contribution is 2.29. The Kier molecular flexibility index (Phi) is 6.32. The third-order valence-corrected chi connectivity index (χ3v) is 3.72. The van der Waals surface area contributed by atoms with Crippen molar-refractivity contribution in [2.24, 2.45) is 0 Å². The summed E-state index contributed by atoms with van der Waals surface area (Å²) in [7, 11) is 1.30. The van der Waals surface area contributed by atoms with Gasteiger partial charge in [0.2, 0.25) is 5.91 Å². The number of hydrogen-bond acceptors (Lipinski definition) is 5. The van der Waals surface area contributed by atoms with Crippen LogP contribution < -0.4 is 15.0 Å². The Bertz CT molecular complexity index is 851. The molecular weight excluding hydrogens is 354 g/mol. The number of nitro benzene ring substituents is 1. The lowest BCUT2D eigenvalue weighted by Gasteiger charge is -2.15. The number of carbonyl (C=O) groups excluding carboxylic acids is 1. The highest BCUT2D eigenvalue weighted by atomic mass is 16.6. The fourth-order valence-corrected chi connectivity index (χ4v) is 2.35. The summed E-state index contributed by atoms with van der Waals surface area (Å²) < 4.78 is 5.33. The lowest BCUT2D eigenvalue weighted by atomic mass is 10.1. The zero-order valence-corrected chi connectivity index (χ0v) is 14.8. The average molecular weight is 373 g/mol. The normalized spacial score (nSPS) is 10.1. The van der Waals surface area contributed by atoms with Crippen LogP contribution in [0.25, 0.3) is 0 Å². The minimum Gasteiger partial charge on any atom is -0.494 e. The number of rotatable bonds is 7. The van der Waals surface area contributed by atoms with E-state index in [1.165, 1.54) is 19.2 Å². The third kappa shape index (κ3) is 5.18. The molecule has 0 aromatic heterocycles. The maximum Gasteiger partial charge on any atom is 0.411 e. The third-order valence-electron chi connectivity index (χ3n) is 3.72. The first-order valence-corrected chi connectivity index (χ1v) is 8.08. The SMILES string of the molecule is CCOc1ccc(CC(=O)Nc2cc(N(C)C(=O)O)ccc2[N+](=O)[O-])cc1. The van der Waals surface area contributed by atoms with E-state index in [9.17, 15) is 19.7 Å². The second-order valence-corrected chi connectivity index (χ2v) is 5.60.